The van der Waals surface area contributed by atoms with E-state index < -0.39 is 17.8 Å². The van der Waals surface area contributed by atoms with E-state index in [9.17, 15) is 18.3 Å². The summed E-state index contributed by atoms with van der Waals surface area (Å²) in [5.41, 5.74) is -0.796. The molecular weight excluding hydrogens is 299 g/mol. The molecule has 2 N–H and O–H groups in total. The van der Waals surface area contributed by atoms with Crippen LogP contribution in [0.2, 0.25) is 0 Å². The zero-order valence-electron chi connectivity index (χ0n) is 11.4. The van der Waals surface area contributed by atoms with Crippen molar-refractivity contribution in [1.82, 2.24) is 9.97 Å². The molecule has 0 aliphatic carbocycles. The number of benzene rings is 1. The number of nitrogens with zero attached hydrogens (tertiary/aromatic N) is 2. The number of hydrogen-bond donors (Lipinski definition) is 2. The highest BCUT2D eigenvalue weighted by molar-refractivity contribution is 5.30. The Morgan fingerprint density at radius 3 is 2.59 bits per heavy atom. The largest absolute Gasteiger partial charge is 0.491 e. The van der Waals surface area contributed by atoms with Gasteiger partial charge in [0, 0.05) is 18.9 Å². The summed E-state index contributed by atoms with van der Waals surface area (Å²) in [5.74, 6) is 0.394. The van der Waals surface area contributed by atoms with E-state index >= 15 is 0 Å². The number of nitrogens with one attached hydrogen (secondary N) is 1. The maximum Gasteiger partial charge on any atom is 0.416 e. The molecule has 8 heteroatoms. The van der Waals surface area contributed by atoms with Gasteiger partial charge in [0.05, 0.1) is 5.56 Å². The molecule has 0 radical (unpaired) electrons. The van der Waals surface area contributed by atoms with Crippen LogP contribution in [0.4, 0.5) is 19.1 Å². The van der Waals surface area contributed by atoms with Crippen molar-refractivity contribution in [3.05, 3.63) is 48.3 Å². The van der Waals surface area contributed by atoms with Gasteiger partial charge in [0.2, 0.25) is 5.95 Å². The van der Waals surface area contributed by atoms with Crippen LogP contribution >= 0.6 is 0 Å². The summed E-state index contributed by atoms with van der Waals surface area (Å²) < 4.78 is 42.8. The molecule has 1 unspecified atom stereocenters. The Bertz CT molecular complexity index is 593. The number of rotatable bonds is 6. The van der Waals surface area contributed by atoms with Crippen LogP contribution in [0.15, 0.2) is 42.7 Å². The number of aromatic nitrogens is 2. The fourth-order valence-corrected chi connectivity index (χ4v) is 1.61. The Morgan fingerprint density at radius 1 is 1.18 bits per heavy atom. The van der Waals surface area contributed by atoms with Gasteiger partial charge >= 0.3 is 6.18 Å². The molecule has 1 heterocycles. The summed E-state index contributed by atoms with van der Waals surface area (Å²) >= 11 is 0. The number of alkyl halides is 3. The zero-order chi connectivity index (χ0) is 16.0. The maximum absolute atomic E-state index is 12.5. The van der Waals surface area contributed by atoms with Crippen LogP contribution < -0.4 is 10.1 Å². The molecule has 0 saturated carbocycles. The van der Waals surface area contributed by atoms with Gasteiger partial charge in [-0.2, -0.15) is 13.2 Å². The van der Waals surface area contributed by atoms with Gasteiger partial charge in [0.1, 0.15) is 18.5 Å². The maximum atomic E-state index is 12.5. The highest BCUT2D eigenvalue weighted by atomic mass is 19.4. The van der Waals surface area contributed by atoms with Gasteiger partial charge in [-0.15, -0.1) is 0 Å². The monoisotopic (exact) mass is 313 g/mol. The minimum absolute atomic E-state index is 0.0461. The topological polar surface area (TPSA) is 67.3 Å². The fourth-order valence-electron chi connectivity index (χ4n) is 1.61. The Balaban J connectivity index is 1.82. The van der Waals surface area contributed by atoms with Crippen molar-refractivity contribution < 1.29 is 23.0 Å². The molecule has 0 aliphatic rings. The molecule has 0 aliphatic heterocycles. The first-order valence-electron chi connectivity index (χ1n) is 6.44. The van der Waals surface area contributed by atoms with Crippen molar-refractivity contribution in [2.75, 3.05) is 18.5 Å². The van der Waals surface area contributed by atoms with Gasteiger partial charge in [-0.3, -0.25) is 0 Å². The molecule has 2 aromatic rings. The molecule has 1 atom stereocenters. The lowest BCUT2D eigenvalue weighted by Gasteiger charge is -2.14. The summed E-state index contributed by atoms with van der Waals surface area (Å²) in [5, 5.41) is 12.5. The summed E-state index contributed by atoms with van der Waals surface area (Å²) in [6, 6.07) is 6.15. The second-order valence-electron chi connectivity index (χ2n) is 4.44. The van der Waals surface area contributed by atoms with E-state index in [0.717, 1.165) is 12.1 Å². The Morgan fingerprint density at radius 2 is 1.91 bits per heavy atom. The first-order chi connectivity index (χ1) is 10.4. The van der Waals surface area contributed by atoms with Gasteiger partial charge < -0.3 is 15.2 Å². The Hall–Kier alpha value is -2.35. The number of halogens is 3. The summed E-state index contributed by atoms with van der Waals surface area (Å²) in [4.78, 5) is 7.82. The van der Waals surface area contributed by atoms with Crippen LogP contribution in [0, 0.1) is 0 Å². The molecule has 2 rings (SSSR count). The van der Waals surface area contributed by atoms with Crippen LogP contribution in [-0.4, -0.2) is 34.3 Å². The molecule has 1 aromatic heterocycles. The highest BCUT2D eigenvalue weighted by Crippen LogP contribution is 2.31. The van der Waals surface area contributed by atoms with Gasteiger partial charge in [-0.25, -0.2) is 9.97 Å². The van der Waals surface area contributed by atoms with Crippen LogP contribution in [0.25, 0.3) is 0 Å². The molecule has 22 heavy (non-hydrogen) atoms. The average molecular weight is 313 g/mol. The Kier molecular flexibility index (Phi) is 5.16. The number of aliphatic hydroxyl groups excluding tert-OH is 1. The van der Waals surface area contributed by atoms with Crippen LogP contribution in [-0.2, 0) is 6.18 Å². The van der Waals surface area contributed by atoms with Gasteiger partial charge in [0.15, 0.2) is 0 Å². The summed E-state index contributed by atoms with van der Waals surface area (Å²) in [6.45, 7) is -0.0376. The van der Waals surface area contributed by atoms with Gasteiger partial charge in [-0.1, -0.05) is 6.07 Å². The molecule has 0 spiro atoms. The van der Waals surface area contributed by atoms with E-state index in [1.807, 2.05) is 0 Å². The van der Waals surface area contributed by atoms with Crippen molar-refractivity contribution in [1.29, 1.82) is 0 Å². The first-order valence-corrected chi connectivity index (χ1v) is 6.44. The molecular formula is C14H14F3N3O2. The lowest BCUT2D eigenvalue weighted by Crippen LogP contribution is -2.27. The third kappa shape index (κ3) is 4.88. The van der Waals surface area contributed by atoms with Crippen LogP contribution in [0.3, 0.4) is 0 Å². The smallest absolute Gasteiger partial charge is 0.416 e. The second kappa shape index (κ2) is 7.08. The third-order valence-corrected chi connectivity index (χ3v) is 2.67. The van der Waals surface area contributed by atoms with E-state index in [1.54, 1.807) is 18.5 Å². The minimum atomic E-state index is -4.43. The Labute approximate surface area is 124 Å². The molecule has 5 nitrogen and oxygen atoms in total. The van der Waals surface area contributed by atoms with Crippen molar-refractivity contribution in [3.8, 4) is 5.75 Å². The van der Waals surface area contributed by atoms with E-state index in [2.05, 4.69) is 15.3 Å². The number of ether oxygens (including phenoxy) is 1. The zero-order valence-corrected chi connectivity index (χ0v) is 11.4. The predicted molar refractivity (Wildman–Crippen MR) is 73.5 cm³/mol. The molecule has 0 saturated heterocycles. The third-order valence-electron chi connectivity index (χ3n) is 2.67. The van der Waals surface area contributed by atoms with E-state index in [1.165, 1.54) is 12.1 Å². The lowest BCUT2D eigenvalue weighted by molar-refractivity contribution is -0.137. The van der Waals surface area contributed by atoms with E-state index in [0.29, 0.717) is 5.95 Å². The van der Waals surface area contributed by atoms with Crippen molar-refractivity contribution >= 4 is 5.95 Å². The standard InChI is InChI=1S/C14H14F3N3O2/c15-14(16,17)10-3-1-4-12(7-10)22-9-11(21)8-20-13-18-5-2-6-19-13/h1-7,11,21H,8-9H2,(H,18,19,20). The number of anilines is 1. The average Bonchev–Trinajstić information content (AvgIpc) is 2.51. The molecule has 0 fully saturated rings. The lowest BCUT2D eigenvalue weighted by atomic mass is 10.2. The van der Waals surface area contributed by atoms with Crippen molar-refractivity contribution in [3.63, 3.8) is 0 Å². The molecule has 118 valence electrons. The summed E-state index contributed by atoms with van der Waals surface area (Å²) in [6.07, 6.45) is -2.26. The summed E-state index contributed by atoms with van der Waals surface area (Å²) in [7, 11) is 0. The van der Waals surface area contributed by atoms with Crippen LogP contribution in [0.5, 0.6) is 5.75 Å². The predicted octanol–water partition coefficient (Wildman–Crippen LogP) is 2.35. The van der Waals surface area contributed by atoms with E-state index in [4.69, 9.17) is 4.74 Å². The normalized spacial score (nSPS) is 12.7. The molecule has 0 amide bonds. The van der Waals surface area contributed by atoms with Crippen molar-refractivity contribution in [2.45, 2.75) is 12.3 Å². The highest BCUT2D eigenvalue weighted by Gasteiger charge is 2.30. The molecule has 1 aromatic carbocycles. The fraction of sp³-hybridized carbons (Fsp3) is 0.286. The van der Waals surface area contributed by atoms with Gasteiger partial charge in [-0.05, 0) is 24.3 Å². The van der Waals surface area contributed by atoms with Gasteiger partial charge in [0.25, 0.3) is 0 Å². The number of aliphatic hydroxyl groups is 1. The quantitative estimate of drug-likeness (QED) is 0.857. The SMILES string of the molecule is OC(CNc1ncccn1)COc1cccc(C(F)(F)F)c1. The molecule has 0 bridgehead atoms. The van der Waals surface area contributed by atoms with Crippen LogP contribution in [0.1, 0.15) is 5.56 Å². The van der Waals surface area contributed by atoms with Crippen molar-refractivity contribution in [2.24, 2.45) is 0 Å². The second-order valence-corrected chi connectivity index (χ2v) is 4.44. The minimum Gasteiger partial charge on any atom is -0.491 e. The first kappa shape index (κ1) is 16.0. The number of hydrogen-bond acceptors (Lipinski definition) is 5. The van der Waals surface area contributed by atoms with E-state index in [-0.39, 0.29) is 18.9 Å².